The Kier molecular flexibility index (Phi) is 5.31. The van der Waals surface area contributed by atoms with Gasteiger partial charge in [0.25, 0.3) is 5.91 Å². The van der Waals surface area contributed by atoms with Gasteiger partial charge in [0.15, 0.2) is 5.69 Å². The van der Waals surface area contributed by atoms with Crippen LogP contribution in [0.25, 0.3) is 5.69 Å². The molecule has 1 N–H and O–H groups in total. The normalized spacial score (nSPS) is 11.8. The SMILES string of the molecule is CCc1ccc(-n2cc(C(=O)N[C@@H](C)c3ccc(OC)cc3)nn2)cc1. The molecule has 0 fully saturated rings. The fourth-order valence-corrected chi connectivity index (χ4v) is 2.62. The van der Waals surface area contributed by atoms with Crippen molar-refractivity contribution in [3.05, 3.63) is 71.5 Å². The van der Waals surface area contributed by atoms with E-state index in [1.807, 2.05) is 55.5 Å². The first-order valence-corrected chi connectivity index (χ1v) is 8.57. The van der Waals surface area contributed by atoms with Crippen LogP contribution >= 0.6 is 0 Å². The van der Waals surface area contributed by atoms with Gasteiger partial charge >= 0.3 is 0 Å². The molecule has 1 heterocycles. The monoisotopic (exact) mass is 350 g/mol. The molecule has 1 aromatic heterocycles. The van der Waals surface area contributed by atoms with Crippen molar-refractivity contribution < 1.29 is 9.53 Å². The van der Waals surface area contributed by atoms with Crippen LogP contribution in [0.3, 0.4) is 0 Å². The molecule has 0 saturated carbocycles. The zero-order valence-electron chi connectivity index (χ0n) is 15.1. The van der Waals surface area contributed by atoms with Gasteiger partial charge in [-0.1, -0.05) is 36.4 Å². The van der Waals surface area contributed by atoms with E-state index in [0.29, 0.717) is 0 Å². The summed E-state index contributed by atoms with van der Waals surface area (Å²) in [5.41, 5.74) is 3.39. The molecule has 0 aliphatic rings. The third kappa shape index (κ3) is 3.91. The van der Waals surface area contributed by atoms with E-state index < -0.39 is 0 Å². The van der Waals surface area contributed by atoms with Gasteiger partial charge in [-0.15, -0.1) is 5.10 Å². The molecule has 1 amide bonds. The van der Waals surface area contributed by atoms with Crippen LogP contribution in [0.4, 0.5) is 0 Å². The van der Waals surface area contributed by atoms with Crippen molar-refractivity contribution in [1.82, 2.24) is 20.3 Å². The predicted molar refractivity (Wildman–Crippen MR) is 99.6 cm³/mol. The van der Waals surface area contributed by atoms with Crippen molar-refractivity contribution in [2.24, 2.45) is 0 Å². The number of hydrogen-bond donors (Lipinski definition) is 1. The molecule has 3 rings (SSSR count). The number of hydrogen-bond acceptors (Lipinski definition) is 4. The third-order valence-electron chi connectivity index (χ3n) is 4.30. The summed E-state index contributed by atoms with van der Waals surface area (Å²) in [5.74, 6) is 0.522. The van der Waals surface area contributed by atoms with Crippen molar-refractivity contribution in [2.75, 3.05) is 7.11 Å². The highest BCUT2D eigenvalue weighted by Crippen LogP contribution is 2.17. The van der Waals surface area contributed by atoms with Gasteiger partial charge in [0.1, 0.15) is 5.75 Å². The summed E-state index contributed by atoms with van der Waals surface area (Å²) >= 11 is 0. The maximum Gasteiger partial charge on any atom is 0.273 e. The lowest BCUT2D eigenvalue weighted by Crippen LogP contribution is -2.26. The van der Waals surface area contributed by atoms with Gasteiger partial charge in [-0.25, -0.2) is 4.68 Å². The topological polar surface area (TPSA) is 69.0 Å². The predicted octanol–water partition coefficient (Wildman–Crippen LogP) is 3.33. The summed E-state index contributed by atoms with van der Waals surface area (Å²) < 4.78 is 6.75. The number of amides is 1. The number of aryl methyl sites for hydroxylation is 1. The standard InChI is InChI=1S/C20H22N4O2/c1-4-15-5-9-17(10-6-15)24-13-19(22-23-24)20(25)21-14(2)16-7-11-18(26-3)12-8-16/h5-14H,4H2,1-3H3,(H,21,25)/t14-/m0/s1. The van der Waals surface area contributed by atoms with E-state index in [1.165, 1.54) is 5.56 Å². The molecular weight excluding hydrogens is 328 g/mol. The highest BCUT2D eigenvalue weighted by atomic mass is 16.5. The number of nitrogens with one attached hydrogen (secondary N) is 1. The van der Waals surface area contributed by atoms with Gasteiger partial charge in [-0.3, -0.25) is 4.79 Å². The molecule has 1 atom stereocenters. The molecule has 6 nitrogen and oxygen atoms in total. The van der Waals surface area contributed by atoms with Crippen LogP contribution in [-0.4, -0.2) is 28.0 Å². The minimum Gasteiger partial charge on any atom is -0.497 e. The van der Waals surface area contributed by atoms with E-state index in [9.17, 15) is 4.79 Å². The van der Waals surface area contributed by atoms with Gasteiger partial charge < -0.3 is 10.1 Å². The first kappa shape index (κ1) is 17.7. The highest BCUT2D eigenvalue weighted by Gasteiger charge is 2.15. The number of ether oxygens (including phenoxy) is 1. The summed E-state index contributed by atoms with van der Waals surface area (Å²) in [6.07, 6.45) is 2.62. The minimum atomic E-state index is -0.259. The quantitative estimate of drug-likeness (QED) is 0.740. The molecule has 0 radical (unpaired) electrons. The van der Waals surface area contributed by atoms with Crippen LogP contribution in [0.1, 0.15) is 41.5 Å². The first-order chi connectivity index (χ1) is 12.6. The van der Waals surface area contributed by atoms with Crippen molar-refractivity contribution in [3.8, 4) is 11.4 Å². The van der Waals surface area contributed by atoms with E-state index in [0.717, 1.165) is 23.4 Å². The zero-order valence-corrected chi connectivity index (χ0v) is 15.1. The maximum atomic E-state index is 12.4. The van der Waals surface area contributed by atoms with Crippen LogP contribution < -0.4 is 10.1 Å². The Morgan fingerprint density at radius 3 is 2.46 bits per heavy atom. The van der Waals surface area contributed by atoms with E-state index in [2.05, 4.69) is 22.6 Å². The minimum absolute atomic E-state index is 0.151. The molecule has 2 aromatic carbocycles. The van der Waals surface area contributed by atoms with Gasteiger partial charge in [0.2, 0.25) is 0 Å². The van der Waals surface area contributed by atoms with Gasteiger partial charge in [0.05, 0.1) is 25.0 Å². The molecule has 0 aliphatic heterocycles. The second-order valence-electron chi connectivity index (χ2n) is 6.04. The number of nitrogens with zero attached hydrogens (tertiary/aromatic N) is 3. The van der Waals surface area contributed by atoms with Crippen molar-refractivity contribution in [2.45, 2.75) is 26.3 Å². The maximum absolute atomic E-state index is 12.4. The third-order valence-corrected chi connectivity index (χ3v) is 4.30. The van der Waals surface area contributed by atoms with Crippen LogP contribution in [-0.2, 0) is 6.42 Å². The number of methoxy groups -OCH3 is 1. The largest absolute Gasteiger partial charge is 0.497 e. The molecule has 134 valence electrons. The molecule has 3 aromatic rings. The highest BCUT2D eigenvalue weighted by molar-refractivity contribution is 5.92. The Labute approximate surface area is 152 Å². The summed E-state index contributed by atoms with van der Waals surface area (Å²) in [5, 5.41) is 11.0. The second kappa shape index (κ2) is 7.82. The lowest BCUT2D eigenvalue weighted by atomic mass is 10.1. The van der Waals surface area contributed by atoms with Crippen molar-refractivity contribution in [3.63, 3.8) is 0 Å². The molecule has 6 heteroatoms. The molecule has 0 spiro atoms. The van der Waals surface area contributed by atoms with E-state index >= 15 is 0 Å². The summed E-state index contributed by atoms with van der Waals surface area (Å²) in [7, 11) is 1.62. The fourth-order valence-electron chi connectivity index (χ4n) is 2.62. The summed E-state index contributed by atoms with van der Waals surface area (Å²) in [6, 6.07) is 15.5. The van der Waals surface area contributed by atoms with Crippen LogP contribution in [0, 0.1) is 0 Å². The van der Waals surface area contributed by atoms with Crippen LogP contribution in [0.2, 0.25) is 0 Å². The second-order valence-corrected chi connectivity index (χ2v) is 6.04. The number of aromatic nitrogens is 3. The number of rotatable bonds is 6. The molecular formula is C20H22N4O2. The Balaban J connectivity index is 1.68. The van der Waals surface area contributed by atoms with Gasteiger partial charge in [0, 0.05) is 0 Å². The molecule has 0 bridgehead atoms. The average molecular weight is 350 g/mol. The lowest BCUT2D eigenvalue weighted by molar-refractivity contribution is 0.0935. The average Bonchev–Trinajstić information content (AvgIpc) is 3.18. The van der Waals surface area contributed by atoms with E-state index in [1.54, 1.807) is 18.0 Å². The fraction of sp³-hybridized carbons (Fsp3) is 0.250. The number of carbonyl (C=O) groups is 1. The molecule has 0 aliphatic carbocycles. The summed E-state index contributed by atoms with van der Waals surface area (Å²) in [6.45, 7) is 4.03. The first-order valence-electron chi connectivity index (χ1n) is 8.57. The van der Waals surface area contributed by atoms with E-state index in [-0.39, 0.29) is 17.6 Å². The lowest BCUT2D eigenvalue weighted by Gasteiger charge is -2.13. The zero-order chi connectivity index (χ0) is 18.5. The van der Waals surface area contributed by atoms with Crippen LogP contribution in [0.5, 0.6) is 5.75 Å². The van der Waals surface area contributed by atoms with Crippen molar-refractivity contribution >= 4 is 5.91 Å². The smallest absolute Gasteiger partial charge is 0.273 e. The Morgan fingerprint density at radius 2 is 1.85 bits per heavy atom. The van der Waals surface area contributed by atoms with Crippen molar-refractivity contribution in [1.29, 1.82) is 0 Å². The van der Waals surface area contributed by atoms with Gasteiger partial charge in [-0.2, -0.15) is 0 Å². The number of carbonyl (C=O) groups excluding carboxylic acids is 1. The Hall–Kier alpha value is -3.15. The molecule has 26 heavy (non-hydrogen) atoms. The molecule has 0 saturated heterocycles. The van der Waals surface area contributed by atoms with Crippen LogP contribution in [0.15, 0.2) is 54.7 Å². The van der Waals surface area contributed by atoms with Gasteiger partial charge in [-0.05, 0) is 48.7 Å². The van der Waals surface area contributed by atoms with E-state index in [4.69, 9.17) is 4.74 Å². The summed E-state index contributed by atoms with van der Waals surface area (Å²) in [4.78, 5) is 12.4. The molecule has 0 unspecified atom stereocenters. The Morgan fingerprint density at radius 1 is 1.15 bits per heavy atom. The Bertz CT molecular complexity index is 870. The number of benzene rings is 2.